The summed E-state index contributed by atoms with van der Waals surface area (Å²) in [7, 11) is 0. The van der Waals surface area contributed by atoms with Crippen molar-refractivity contribution in [1.82, 2.24) is 0 Å². The zero-order valence-corrected chi connectivity index (χ0v) is 22.1. The van der Waals surface area contributed by atoms with Crippen LogP contribution in [0.3, 0.4) is 0 Å². The van der Waals surface area contributed by atoms with Crippen molar-refractivity contribution in [3.8, 4) is 5.75 Å². The molecular weight excluding hydrogens is 518 g/mol. The number of aliphatic imine (C=N–C) groups is 1. The van der Waals surface area contributed by atoms with Gasteiger partial charge in [-0.25, -0.2) is 4.90 Å². The standard InChI is InChI=1S/C33H25N3O5/c1-2-41-23-16-14-21(15-17-23)35-31(37)29-28-24-10-3-5-12-26(24)33(30(29)32(35)38,27-13-6-4-11-25(27)28)19-34-20-8-7-9-22(18-20)36(39)40/h3-19,28-30H,2H2,1H3/t28?,29-,30-,33?/m1/s1. The van der Waals surface area contributed by atoms with Crippen molar-refractivity contribution in [3.05, 3.63) is 129 Å². The summed E-state index contributed by atoms with van der Waals surface area (Å²) in [5.41, 5.74) is 3.60. The lowest BCUT2D eigenvalue weighted by molar-refractivity contribution is -0.384. The number of anilines is 1. The van der Waals surface area contributed by atoms with Crippen LogP contribution in [0.4, 0.5) is 17.1 Å². The average molecular weight is 544 g/mol. The topological polar surface area (TPSA) is 102 Å². The van der Waals surface area contributed by atoms with E-state index in [1.165, 1.54) is 17.0 Å². The highest BCUT2D eigenvalue weighted by atomic mass is 16.6. The van der Waals surface area contributed by atoms with Gasteiger partial charge in [-0.3, -0.25) is 24.7 Å². The fourth-order valence-corrected chi connectivity index (χ4v) is 7.03. The first kappa shape index (κ1) is 24.9. The Morgan fingerprint density at radius 1 is 0.902 bits per heavy atom. The number of benzene rings is 4. The summed E-state index contributed by atoms with van der Waals surface area (Å²) in [5, 5.41) is 11.4. The highest BCUT2D eigenvalue weighted by Crippen LogP contribution is 2.63. The van der Waals surface area contributed by atoms with E-state index in [9.17, 15) is 19.7 Å². The molecule has 0 radical (unpaired) electrons. The Morgan fingerprint density at radius 2 is 1.56 bits per heavy atom. The molecule has 1 aliphatic heterocycles. The van der Waals surface area contributed by atoms with E-state index in [0.29, 0.717) is 23.7 Å². The van der Waals surface area contributed by atoms with Gasteiger partial charge in [0.2, 0.25) is 11.8 Å². The second-order valence-corrected chi connectivity index (χ2v) is 10.5. The van der Waals surface area contributed by atoms with Crippen molar-refractivity contribution < 1.29 is 19.2 Å². The predicted molar refractivity (Wildman–Crippen MR) is 154 cm³/mol. The lowest BCUT2D eigenvalue weighted by Crippen LogP contribution is -2.54. The van der Waals surface area contributed by atoms with Crippen LogP contribution in [0.25, 0.3) is 0 Å². The van der Waals surface area contributed by atoms with E-state index in [1.54, 1.807) is 42.6 Å². The summed E-state index contributed by atoms with van der Waals surface area (Å²) in [4.78, 5) is 45.8. The molecule has 1 heterocycles. The molecule has 4 aromatic carbocycles. The van der Waals surface area contributed by atoms with Gasteiger partial charge in [0, 0.05) is 24.3 Å². The normalized spacial score (nSPS) is 23.8. The fourth-order valence-electron chi connectivity index (χ4n) is 7.03. The SMILES string of the molecule is CCOc1ccc(N2C(=O)[C@@H]3C4c5ccccc5C(C=Nc5cccc([N+](=O)[O-])c5)(c5ccccc54)[C@H]3C2=O)cc1. The summed E-state index contributed by atoms with van der Waals surface area (Å²) in [6.45, 7) is 2.40. The molecule has 0 saturated carbocycles. The minimum absolute atomic E-state index is 0.0722. The van der Waals surface area contributed by atoms with Gasteiger partial charge >= 0.3 is 0 Å². The summed E-state index contributed by atoms with van der Waals surface area (Å²) in [5.74, 6) is -1.53. The van der Waals surface area contributed by atoms with Crippen LogP contribution in [0.1, 0.15) is 35.1 Å². The van der Waals surface area contributed by atoms with Gasteiger partial charge in [-0.05, 0) is 59.5 Å². The summed E-state index contributed by atoms with van der Waals surface area (Å²) in [6.07, 6.45) is 1.74. The second kappa shape index (κ2) is 9.23. The monoisotopic (exact) mass is 543 g/mol. The number of rotatable bonds is 6. The van der Waals surface area contributed by atoms with Gasteiger partial charge in [0.15, 0.2) is 0 Å². The van der Waals surface area contributed by atoms with Gasteiger partial charge in [0.1, 0.15) is 5.75 Å². The molecule has 8 nitrogen and oxygen atoms in total. The Bertz CT molecular complexity index is 1720. The molecule has 202 valence electrons. The molecule has 4 aromatic rings. The highest BCUT2D eigenvalue weighted by Gasteiger charge is 2.67. The van der Waals surface area contributed by atoms with Crippen LogP contribution in [-0.4, -0.2) is 29.6 Å². The smallest absolute Gasteiger partial charge is 0.271 e. The summed E-state index contributed by atoms with van der Waals surface area (Å²) >= 11 is 0. The molecule has 0 N–H and O–H groups in total. The van der Waals surface area contributed by atoms with Crippen molar-refractivity contribution in [2.75, 3.05) is 11.5 Å². The van der Waals surface area contributed by atoms with Gasteiger partial charge in [0.25, 0.3) is 5.69 Å². The number of carbonyl (C=O) groups excluding carboxylic acids is 2. The number of nitro benzene ring substituents is 1. The maximum atomic E-state index is 14.5. The molecule has 41 heavy (non-hydrogen) atoms. The number of hydrogen-bond acceptors (Lipinski definition) is 6. The molecule has 8 rings (SSSR count). The number of nitro groups is 1. The van der Waals surface area contributed by atoms with Gasteiger partial charge in [-0.2, -0.15) is 0 Å². The van der Waals surface area contributed by atoms with E-state index < -0.39 is 22.2 Å². The minimum Gasteiger partial charge on any atom is -0.494 e. The Balaban J connectivity index is 1.44. The quantitative estimate of drug-likeness (QED) is 0.130. The number of hydrogen-bond donors (Lipinski definition) is 0. The number of nitrogens with zero attached hydrogens (tertiary/aromatic N) is 3. The summed E-state index contributed by atoms with van der Waals surface area (Å²) < 4.78 is 5.57. The van der Waals surface area contributed by atoms with Crippen molar-refractivity contribution in [1.29, 1.82) is 0 Å². The average Bonchev–Trinajstić information content (AvgIpc) is 3.27. The molecule has 2 atom stereocenters. The van der Waals surface area contributed by atoms with Crippen LogP contribution < -0.4 is 9.64 Å². The molecular formula is C33H25N3O5. The number of amides is 2. The van der Waals surface area contributed by atoms with Crippen molar-refractivity contribution >= 4 is 35.1 Å². The predicted octanol–water partition coefficient (Wildman–Crippen LogP) is 5.95. The first-order chi connectivity index (χ1) is 20.0. The van der Waals surface area contributed by atoms with Crippen LogP contribution in [-0.2, 0) is 15.0 Å². The molecule has 2 amide bonds. The second-order valence-electron chi connectivity index (χ2n) is 10.5. The molecule has 0 spiro atoms. The van der Waals surface area contributed by atoms with Crippen LogP contribution in [0.5, 0.6) is 5.75 Å². The largest absolute Gasteiger partial charge is 0.494 e. The van der Waals surface area contributed by atoms with Gasteiger partial charge in [-0.1, -0.05) is 54.6 Å². The number of imide groups is 1. The van der Waals surface area contributed by atoms with Crippen LogP contribution in [0.15, 0.2) is 102 Å². The molecule has 1 saturated heterocycles. The molecule has 0 unspecified atom stereocenters. The third-order valence-corrected chi connectivity index (χ3v) is 8.55. The van der Waals surface area contributed by atoms with Crippen LogP contribution in [0.2, 0.25) is 0 Å². The van der Waals surface area contributed by atoms with Crippen LogP contribution in [0, 0.1) is 22.0 Å². The minimum atomic E-state index is -1.05. The Kier molecular flexibility index (Phi) is 5.61. The van der Waals surface area contributed by atoms with Crippen molar-refractivity contribution in [2.24, 2.45) is 16.8 Å². The van der Waals surface area contributed by atoms with E-state index in [4.69, 9.17) is 9.73 Å². The zero-order valence-electron chi connectivity index (χ0n) is 22.1. The summed E-state index contributed by atoms with van der Waals surface area (Å²) in [6, 6.07) is 28.9. The van der Waals surface area contributed by atoms with E-state index >= 15 is 0 Å². The van der Waals surface area contributed by atoms with Crippen molar-refractivity contribution in [2.45, 2.75) is 18.3 Å². The Morgan fingerprint density at radius 3 is 2.20 bits per heavy atom. The highest BCUT2D eigenvalue weighted by molar-refractivity contribution is 6.25. The van der Waals surface area contributed by atoms with Gasteiger partial charge in [0.05, 0.1) is 40.2 Å². The van der Waals surface area contributed by atoms with Crippen molar-refractivity contribution in [3.63, 3.8) is 0 Å². The lowest BCUT2D eigenvalue weighted by Gasteiger charge is -2.52. The lowest BCUT2D eigenvalue weighted by atomic mass is 9.47. The maximum Gasteiger partial charge on any atom is 0.271 e. The van der Waals surface area contributed by atoms with Gasteiger partial charge in [-0.15, -0.1) is 0 Å². The molecule has 3 aliphatic carbocycles. The molecule has 4 aliphatic rings. The number of ether oxygens (including phenoxy) is 1. The van der Waals surface area contributed by atoms with E-state index in [-0.39, 0.29) is 23.4 Å². The van der Waals surface area contributed by atoms with E-state index in [1.807, 2.05) is 55.5 Å². The third-order valence-electron chi connectivity index (χ3n) is 8.55. The first-order valence-corrected chi connectivity index (χ1v) is 13.5. The van der Waals surface area contributed by atoms with E-state index in [2.05, 4.69) is 0 Å². The van der Waals surface area contributed by atoms with Gasteiger partial charge < -0.3 is 4.74 Å². The number of carbonyl (C=O) groups is 2. The maximum absolute atomic E-state index is 14.5. The molecule has 2 bridgehead atoms. The molecule has 0 aromatic heterocycles. The fraction of sp³-hybridized carbons (Fsp3) is 0.182. The molecule has 8 heteroatoms. The number of non-ortho nitro benzene ring substituents is 1. The zero-order chi connectivity index (χ0) is 28.3. The first-order valence-electron chi connectivity index (χ1n) is 13.5. The Labute approximate surface area is 236 Å². The Hall–Kier alpha value is -5.11. The van der Waals surface area contributed by atoms with Crippen LogP contribution >= 0.6 is 0 Å². The molecule has 1 fully saturated rings. The third kappa shape index (κ3) is 3.50. The van der Waals surface area contributed by atoms with E-state index in [0.717, 1.165) is 22.3 Å².